The average molecular weight is 156 g/mol. The van der Waals surface area contributed by atoms with Crippen molar-refractivity contribution >= 4 is 11.8 Å². The Morgan fingerprint density at radius 2 is 2.27 bits per heavy atom. The minimum atomic E-state index is -0.223. The van der Waals surface area contributed by atoms with Crippen LogP contribution in [0.15, 0.2) is 0 Å². The van der Waals surface area contributed by atoms with Crippen LogP contribution in [0, 0.1) is 5.92 Å². The molecule has 0 amide bonds. The lowest BCUT2D eigenvalue weighted by Gasteiger charge is -2.31. The lowest BCUT2D eigenvalue weighted by atomic mass is 9.92. The molecule has 0 aromatic carbocycles. The Balaban J connectivity index is 2.37. The second kappa shape index (κ2) is 3.03. The number of hydrogen-bond donors (Lipinski definition) is 0. The van der Waals surface area contributed by atoms with Crippen LogP contribution in [0.2, 0.25) is 0 Å². The maximum atomic E-state index is 10.9. The van der Waals surface area contributed by atoms with Gasteiger partial charge in [0.2, 0.25) is 0 Å². The molecule has 0 bridgehead atoms. The van der Waals surface area contributed by atoms with E-state index in [4.69, 9.17) is 4.74 Å². The molecule has 1 saturated heterocycles. The maximum absolute atomic E-state index is 10.9. The summed E-state index contributed by atoms with van der Waals surface area (Å²) < 4.78 is 4.71. The van der Waals surface area contributed by atoms with E-state index >= 15 is 0 Å². The summed E-state index contributed by atoms with van der Waals surface area (Å²) in [6, 6.07) is 0. The summed E-state index contributed by atoms with van der Waals surface area (Å²) in [5, 5.41) is 0. The summed E-state index contributed by atoms with van der Waals surface area (Å²) in [5.41, 5.74) is 0. The van der Waals surface area contributed by atoms with Gasteiger partial charge in [-0.15, -0.1) is 0 Å². The zero-order valence-corrected chi connectivity index (χ0v) is 6.79. The van der Waals surface area contributed by atoms with E-state index in [0.717, 1.165) is 0 Å². The number of ketones is 1. The van der Waals surface area contributed by atoms with Crippen LogP contribution in [-0.4, -0.2) is 17.9 Å². The molecule has 1 aliphatic heterocycles. The number of ether oxygens (including phenoxy) is 1. The predicted octanol–water partition coefficient (Wildman–Crippen LogP) is 0.917. The first-order valence-electron chi connectivity index (χ1n) is 3.87. The fourth-order valence-electron chi connectivity index (χ4n) is 1.11. The highest BCUT2D eigenvalue weighted by Gasteiger charge is 2.39. The van der Waals surface area contributed by atoms with Crippen LogP contribution < -0.4 is 0 Å². The van der Waals surface area contributed by atoms with Crippen molar-refractivity contribution < 1.29 is 14.3 Å². The summed E-state index contributed by atoms with van der Waals surface area (Å²) >= 11 is 0. The van der Waals surface area contributed by atoms with Gasteiger partial charge in [0, 0.05) is 12.8 Å². The molecule has 1 aliphatic rings. The molecule has 3 heteroatoms. The van der Waals surface area contributed by atoms with Crippen LogP contribution in [-0.2, 0) is 14.3 Å². The highest BCUT2D eigenvalue weighted by molar-refractivity contribution is 5.87. The van der Waals surface area contributed by atoms with E-state index in [-0.39, 0.29) is 23.8 Å². The van der Waals surface area contributed by atoms with E-state index in [1.807, 2.05) is 6.92 Å². The van der Waals surface area contributed by atoms with Crippen molar-refractivity contribution in [1.29, 1.82) is 0 Å². The topological polar surface area (TPSA) is 43.4 Å². The molecular formula is C8H12O3. The summed E-state index contributed by atoms with van der Waals surface area (Å²) in [4.78, 5) is 21.6. The zero-order chi connectivity index (χ0) is 8.43. The highest BCUT2D eigenvalue weighted by atomic mass is 16.6. The van der Waals surface area contributed by atoms with Gasteiger partial charge in [0.1, 0.15) is 17.8 Å². The van der Waals surface area contributed by atoms with Gasteiger partial charge >= 0.3 is 5.97 Å². The van der Waals surface area contributed by atoms with Crippen molar-refractivity contribution in [2.45, 2.75) is 32.8 Å². The van der Waals surface area contributed by atoms with Crippen molar-refractivity contribution in [3.05, 3.63) is 0 Å². The van der Waals surface area contributed by atoms with Crippen LogP contribution in [0.4, 0.5) is 0 Å². The molecule has 0 radical (unpaired) electrons. The Hall–Kier alpha value is -0.860. The smallest absolute Gasteiger partial charge is 0.313 e. The molecule has 3 nitrogen and oxygen atoms in total. The van der Waals surface area contributed by atoms with Crippen molar-refractivity contribution in [2.24, 2.45) is 5.92 Å². The second-order valence-corrected chi connectivity index (χ2v) is 2.84. The van der Waals surface area contributed by atoms with Crippen molar-refractivity contribution in [3.63, 3.8) is 0 Å². The molecule has 62 valence electrons. The first kappa shape index (κ1) is 8.24. The van der Waals surface area contributed by atoms with Gasteiger partial charge in [-0.25, -0.2) is 0 Å². The third-order valence-corrected chi connectivity index (χ3v) is 2.01. The molecule has 1 fully saturated rings. The Kier molecular flexibility index (Phi) is 2.27. The Bertz CT molecular complexity index is 186. The molecule has 0 spiro atoms. The van der Waals surface area contributed by atoms with Crippen LogP contribution in [0.1, 0.15) is 26.7 Å². The van der Waals surface area contributed by atoms with Gasteiger partial charge in [0.25, 0.3) is 0 Å². The van der Waals surface area contributed by atoms with Gasteiger partial charge < -0.3 is 4.74 Å². The number of rotatable bonds is 3. The standard InChI is InChI=1S/C8H12O3/c1-3-6(9)4-7-5(2)11-8(7)10/h5,7H,3-4H2,1-2H3/t5-,7+/m1/s1. The van der Waals surface area contributed by atoms with E-state index in [9.17, 15) is 9.59 Å². The van der Waals surface area contributed by atoms with Gasteiger partial charge in [-0.2, -0.15) is 0 Å². The monoisotopic (exact) mass is 156 g/mol. The van der Waals surface area contributed by atoms with E-state index in [1.165, 1.54) is 0 Å². The predicted molar refractivity (Wildman–Crippen MR) is 39.0 cm³/mol. The number of Topliss-reactive ketones (excluding diaryl/α,β-unsaturated/α-hetero) is 1. The van der Waals surface area contributed by atoms with E-state index < -0.39 is 0 Å². The van der Waals surface area contributed by atoms with Crippen molar-refractivity contribution in [3.8, 4) is 0 Å². The molecule has 0 aromatic rings. The molecule has 0 unspecified atom stereocenters. The van der Waals surface area contributed by atoms with Gasteiger partial charge in [-0.1, -0.05) is 6.92 Å². The molecule has 0 saturated carbocycles. The third-order valence-electron chi connectivity index (χ3n) is 2.01. The Labute approximate surface area is 65.7 Å². The quantitative estimate of drug-likeness (QED) is 0.570. The van der Waals surface area contributed by atoms with Gasteiger partial charge in [-0.05, 0) is 6.92 Å². The molecular weight excluding hydrogens is 144 g/mol. The summed E-state index contributed by atoms with van der Waals surface area (Å²) in [5.74, 6) is -0.250. The molecule has 0 aromatic heterocycles. The second-order valence-electron chi connectivity index (χ2n) is 2.84. The number of carbonyl (C=O) groups excluding carboxylic acids is 2. The van der Waals surface area contributed by atoms with E-state index in [1.54, 1.807) is 6.92 Å². The minimum Gasteiger partial charge on any atom is -0.461 e. The number of cyclic esters (lactones) is 1. The SMILES string of the molecule is CCC(=O)C[C@@H]1C(=O)O[C@@H]1C. The Morgan fingerprint density at radius 1 is 1.64 bits per heavy atom. The van der Waals surface area contributed by atoms with Gasteiger partial charge in [0.05, 0.1) is 0 Å². The average Bonchev–Trinajstić information content (AvgIpc) is 2.00. The first-order chi connectivity index (χ1) is 5.15. The van der Waals surface area contributed by atoms with Crippen LogP contribution in [0.3, 0.4) is 0 Å². The number of hydrogen-bond acceptors (Lipinski definition) is 3. The van der Waals surface area contributed by atoms with Crippen molar-refractivity contribution in [1.82, 2.24) is 0 Å². The molecule has 2 atom stereocenters. The van der Waals surface area contributed by atoms with Crippen molar-refractivity contribution in [2.75, 3.05) is 0 Å². The first-order valence-corrected chi connectivity index (χ1v) is 3.87. The molecule has 0 aliphatic carbocycles. The molecule has 11 heavy (non-hydrogen) atoms. The highest BCUT2D eigenvalue weighted by Crippen LogP contribution is 2.25. The molecule has 1 heterocycles. The normalized spacial score (nSPS) is 29.1. The summed E-state index contributed by atoms with van der Waals surface area (Å²) in [6.45, 7) is 3.62. The van der Waals surface area contributed by atoms with Crippen LogP contribution in [0.5, 0.6) is 0 Å². The van der Waals surface area contributed by atoms with Gasteiger partial charge in [0.15, 0.2) is 0 Å². The summed E-state index contributed by atoms with van der Waals surface area (Å²) in [7, 11) is 0. The lowest BCUT2D eigenvalue weighted by Crippen LogP contribution is -2.44. The third kappa shape index (κ3) is 1.59. The maximum Gasteiger partial charge on any atom is 0.313 e. The van der Waals surface area contributed by atoms with E-state index in [2.05, 4.69) is 0 Å². The Morgan fingerprint density at radius 3 is 2.64 bits per heavy atom. The fraction of sp³-hybridized carbons (Fsp3) is 0.750. The van der Waals surface area contributed by atoms with Gasteiger partial charge in [-0.3, -0.25) is 9.59 Å². The number of esters is 1. The number of carbonyl (C=O) groups is 2. The fourth-order valence-corrected chi connectivity index (χ4v) is 1.11. The lowest BCUT2D eigenvalue weighted by molar-refractivity contribution is -0.183. The molecule has 0 N–H and O–H groups in total. The van der Waals surface area contributed by atoms with Crippen LogP contribution >= 0.6 is 0 Å². The zero-order valence-electron chi connectivity index (χ0n) is 6.79. The largest absolute Gasteiger partial charge is 0.461 e. The summed E-state index contributed by atoms with van der Waals surface area (Å²) in [6.07, 6.45) is 0.811. The van der Waals surface area contributed by atoms with E-state index in [0.29, 0.717) is 12.8 Å². The molecule has 1 rings (SSSR count). The van der Waals surface area contributed by atoms with Crippen LogP contribution in [0.25, 0.3) is 0 Å². The minimum absolute atomic E-state index is 0.0574.